The van der Waals surface area contributed by atoms with Crippen molar-refractivity contribution in [3.8, 4) is 0 Å². The normalized spacial score (nSPS) is 14.9. The maximum absolute atomic E-state index is 6.12. The van der Waals surface area contributed by atoms with Gasteiger partial charge < -0.3 is 10.2 Å². The number of nitrogens with one attached hydrogen (secondary N) is 1. The number of pyridine rings is 1. The average molecular weight is 285 g/mol. The molecule has 5 nitrogen and oxygen atoms in total. The predicted molar refractivity (Wildman–Crippen MR) is 76.9 cm³/mol. The summed E-state index contributed by atoms with van der Waals surface area (Å²) in [5.74, 6) is 6.78. The van der Waals surface area contributed by atoms with E-state index in [-0.39, 0.29) is 0 Å². The zero-order valence-corrected chi connectivity index (χ0v) is 12.0. The van der Waals surface area contributed by atoms with Crippen LogP contribution in [0, 0.1) is 5.92 Å². The topological polar surface area (TPSA) is 63.4 Å². The quantitative estimate of drug-likeness (QED) is 0.433. The van der Waals surface area contributed by atoms with Crippen LogP contribution in [0.15, 0.2) is 12.1 Å². The summed E-state index contributed by atoms with van der Waals surface area (Å²) >= 11 is 6.12. The molecule has 0 aromatic carbocycles. The second kappa shape index (κ2) is 7.05. The van der Waals surface area contributed by atoms with Crippen LogP contribution in [0.2, 0.25) is 5.02 Å². The number of hydrogen-bond donors (Lipinski definition) is 2. The molecule has 0 saturated heterocycles. The maximum Gasteiger partial charge on any atom is 0.140 e. The molecule has 1 aliphatic carbocycles. The van der Waals surface area contributed by atoms with E-state index in [1.54, 1.807) is 12.1 Å². The minimum absolute atomic E-state index is 0.623. The lowest BCUT2D eigenvalue weighted by Crippen LogP contribution is -2.24. The molecule has 1 aromatic rings. The lowest BCUT2D eigenvalue weighted by atomic mass is 10.3. The Morgan fingerprint density at radius 3 is 3.00 bits per heavy atom. The fraction of sp³-hybridized carbons (Fsp3) is 0.615. The molecule has 1 fully saturated rings. The molecule has 0 spiro atoms. The Hall–Kier alpha value is -0.880. The van der Waals surface area contributed by atoms with Crippen molar-refractivity contribution in [2.75, 3.05) is 32.2 Å². The van der Waals surface area contributed by atoms with Crippen LogP contribution in [0.4, 0.5) is 5.82 Å². The summed E-state index contributed by atoms with van der Waals surface area (Å²) < 4.78 is 5.61. The summed E-state index contributed by atoms with van der Waals surface area (Å²) in [6.45, 7) is 3.20. The van der Waals surface area contributed by atoms with Gasteiger partial charge in [-0.1, -0.05) is 11.6 Å². The highest BCUT2D eigenvalue weighted by molar-refractivity contribution is 6.31. The molecular formula is C13H21ClN4O. The summed E-state index contributed by atoms with van der Waals surface area (Å²) in [4.78, 5) is 6.49. The molecule has 1 aliphatic rings. The van der Waals surface area contributed by atoms with E-state index in [4.69, 9.17) is 22.2 Å². The highest BCUT2D eigenvalue weighted by Gasteiger charge is 2.21. The summed E-state index contributed by atoms with van der Waals surface area (Å²) in [5, 5.41) is 0.657. The molecule has 106 valence electrons. The van der Waals surface area contributed by atoms with Crippen molar-refractivity contribution in [2.45, 2.75) is 19.4 Å². The number of nitrogen functional groups attached to an aromatic ring is 1. The SMILES string of the molecule is CN(CCOCC1CC1)Cc1nc(NN)ccc1Cl. The molecule has 0 amide bonds. The number of nitrogens with zero attached hydrogens (tertiary/aromatic N) is 2. The van der Waals surface area contributed by atoms with E-state index < -0.39 is 0 Å². The summed E-state index contributed by atoms with van der Waals surface area (Å²) in [6.07, 6.45) is 2.66. The number of likely N-dealkylation sites (N-methyl/N-ethyl adjacent to an activating group) is 1. The summed E-state index contributed by atoms with van der Waals surface area (Å²) in [5.41, 5.74) is 3.35. The number of nitrogens with two attached hydrogens (primary N) is 1. The lowest BCUT2D eigenvalue weighted by molar-refractivity contribution is 0.101. The van der Waals surface area contributed by atoms with Gasteiger partial charge in [0.2, 0.25) is 0 Å². The van der Waals surface area contributed by atoms with Crippen molar-refractivity contribution < 1.29 is 4.74 Å². The second-order valence-corrected chi connectivity index (χ2v) is 5.43. The number of halogens is 1. The number of ether oxygens (including phenoxy) is 1. The minimum Gasteiger partial charge on any atom is -0.380 e. The molecule has 0 atom stereocenters. The Morgan fingerprint density at radius 1 is 1.53 bits per heavy atom. The van der Waals surface area contributed by atoms with Gasteiger partial charge in [-0.15, -0.1) is 0 Å². The third kappa shape index (κ3) is 4.95. The minimum atomic E-state index is 0.623. The monoisotopic (exact) mass is 284 g/mol. The molecule has 19 heavy (non-hydrogen) atoms. The maximum atomic E-state index is 6.12. The highest BCUT2D eigenvalue weighted by Crippen LogP contribution is 2.28. The van der Waals surface area contributed by atoms with Gasteiger partial charge in [-0.05, 0) is 37.9 Å². The first kappa shape index (κ1) is 14.5. The number of anilines is 1. The number of rotatable bonds is 8. The van der Waals surface area contributed by atoms with Crippen LogP contribution < -0.4 is 11.3 Å². The Kier molecular flexibility index (Phi) is 5.39. The fourth-order valence-corrected chi connectivity index (χ4v) is 1.93. The van der Waals surface area contributed by atoms with Gasteiger partial charge in [0.1, 0.15) is 5.82 Å². The molecule has 0 unspecified atom stereocenters. The van der Waals surface area contributed by atoms with Crippen LogP contribution in [0.3, 0.4) is 0 Å². The molecule has 1 heterocycles. The molecular weight excluding hydrogens is 264 g/mol. The number of hydrazine groups is 1. The standard InChI is InChI=1S/C13H21ClN4O/c1-18(6-7-19-9-10-2-3-10)8-12-11(14)4-5-13(16-12)17-15/h4-5,10H,2-3,6-9,15H2,1H3,(H,16,17). The van der Waals surface area contributed by atoms with Crippen LogP contribution in [0.5, 0.6) is 0 Å². The number of aromatic nitrogens is 1. The van der Waals surface area contributed by atoms with E-state index in [0.717, 1.165) is 31.4 Å². The second-order valence-electron chi connectivity index (χ2n) is 5.03. The number of hydrogen-bond acceptors (Lipinski definition) is 5. The average Bonchev–Trinajstić information content (AvgIpc) is 3.21. The Morgan fingerprint density at radius 2 is 2.32 bits per heavy atom. The van der Waals surface area contributed by atoms with Crippen LogP contribution in [0.1, 0.15) is 18.5 Å². The van der Waals surface area contributed by atoms with E-state index in [0.29, 0.717) is 17.4 Å². The molecule has 2 rings (SSSR count). The van der Waals surface area contributed by atoms with Gasteiger partial charge in [0.05, 0.1) is 17.3 Å². The van der Waals surface area contributed by atoms with E-state index >= 15 is 0 Å². The van der Waals surface area contributed by atoms with E-state index in [2.05, 4.69) is 15.3 Å². The first-order chi connectivity index (χ1) is 9.19. The van der Waals surface area contributed by atoms with Crippen molar-refractivity contribution >= 4 is 17.4 Å². The third-order valence-corrected chi connectivity index (χ3v) is 3.50. The van der Waals surface area contributed by atoms with Crippen molar-refractivity contribution in [2.24, 2.45) is 11.8 Å². The van der Waals surface area contributed by atoms with Gasteiger partial charge in [0.25, 0.3) is 0 Å². The molecule has 3 N–H and O–H groups in total. The Balaban J connectivity index is 1.74. The van der Waals surface area contributed by atoms with Crippen molar-refractivity contribution in [1.82, 2.24) is 9.88 Å². The molecule has 0 radical (unpaired) electrons. The predicted octanol–water partition coefficient (Wildman–Crippen LogP) is 1.88. The van der Waals surface area contributed by atoms with E-state index in [1.807, 2.05) is 7.05 Å². The highest BCUT2D eigenvalue weighted by atomic mass is 35.5. The Bertz CT molecular complexity index is 412. The van der Waals surface area contributed by atoms with Crippen LogP contribution in [-0.2, 0) is 11.3 Å². The third-order valence-electron chi connectivity index (χ3n) is 3.15. The van der Waals surface area contributed by atoms with Gasteiger partial charge in [-0.3, -0.25) is 4.90 Å². The molecule has 6 heteroatoms. The smallest absolute Gasteiger partial charge is 0.140 e. The van der Waals surface area contributed by atoms with Crippen molar-refractivity contribution in [3.63, 3.8) is 0 Å². The zero-order valence-electron chi connectivity index (χ0n) is 11.2. The van der Waals surface area contributed by atoms with Crippen molar-refractivity contribution in [3.05, 3.63) is 22.8 Å². The first-order valence-electron chi connectivity index (χ1n) is 6.57. The van der Waals surface area contributed by atoms with Gasteiger partial charge in [-0.2, -0.15) is 0 Å². The first-order valence-corrected chi connectivity index (χ1v) is 6.95. The Labute approximate surface area is 119 Å². The summed E-state index contributed by atoms with van der Waals surface area (Å²) in [6, 6.07) is 3.56. The van der Waals surface area contributed by atoms with Gasteiger partial charge in [0, 0.05) is 19.7 Å². The van der Waals surface area contributed by atoms with E-state index in [9.17, 15) is 0 Å². The molecule has 1 saturated carbocycles. The fourth-order valence-electron chi connectivity index (χ4n) is 1.77. The van der Waals surface area contributed by atoms with Crippen LogP contribution in [-0.4, -0.2) is 36.7 Å². The summed E-state index contributed by atoms with van der Waals surface area (Å²) in [7, 11) is 2.03. The lowest BCUT2D eigenvalue weighted by Gasteiger charge is -2.17. The van der Waals surface area contributed by atoms with Gasteiger partial charge >= 0.3 is 0 Å². The van der Waals surface area contributed by atoms with Gasteiger partial charge in [-0.25, -0.2) is 10.8 Å². The zero-order chi connectivity index (χ0) is 13.7. The molecule has 0 aliphatic heterocycles. The van der Waals surface area contributed by atoms with E-state index in [1.165, 1.54) is 12.8 Å². The van der Waals surface area contributed by atoms with Crippen LogP contribution >= 0.6 is 11.6 Å². The van der Waals surface area contributed by atoms with Crippen molar-refractivity contribution in [1.29, 1.82) is 0 Å². The molecule has 1 aromatic heterocycles. The van der Waals surface area contributed by atoms with Crippen LogP contribution in [0.25, 0.3) is 0 Å². The molecule has 0 bridgehead atoms. The van der Waals surface area contributed by atoms with Gasteiger partial charge in [0.15, 0.2) is 0 Å². The largest absolute Gasteiger partial charge is 0.380 e.